The van der Waals surface area contributed by atoms with Gasteiger partial charge in [-0.1, -0.05) is 109 Å². The molecule has 0 amide bonds. The molecule has 1 aliphatic heterocycles. The van der Waals surface area contributed by atoms with Crippen LogP contribution in [0.4, 0.5) is 34.1 Å². The lowest BCUT2D eigenvalue weighted by atomic mass is 9.90. The van der Waals surface area contributed by atoms with Crippen molar-refractivity contribution in [2.75, 3.05) is 9.80 Å². The van der Waals surface area contributed by atoms with Crippen LogP contribution >= 0.6 is 0 Å². The van der Waals surface area contributed by atoms with E-state index in [0.29, 0.717) is 0 Å². The average molecular weight is 711 g/mol. The first kappa shape index (κ1) is 33.6. The second-order valence-electron chi connectivity index (χ2n) is 13.5. The van der Waals surface area contributed by atoms with Crippen LogP contribution in [-0.4, -0.2) is 9.97 Å². The van der Waals surface area contributed by atoms with Gasteiger partial charge in [-0.25, -0.2) is 0 Å². The van der Waals surface area contributed by atoms with E-state index < -0.39 is 0 Å². The Morgan fingerprint density at radius 1 is 0.364 bits per heavy atom. The number of hydrogen-bond donors (Lipinski definition) is 0. The summed E-state index contributed by atoms with van der Waals surface area (Å²) in [5.41, 5.74) is 13.3. The van der Waals surface area contributed by atoms with Crippen LogP contribution in [0.1, 0.15) is 23.1 Å². The van der Waals surface area contributed by atoms with Gasteiger partial charge in [0.15, 0.2) is 0 Å². The lowest BCUT2D eigenvalue weighted by molar-refractivity contribution is 0.159. The molecule has 0 saturated heterocycles. The third-order valence-electron chi connectivity index (χ3n) is 10.1. The molecule has 0 N–H and O–H groups in total. The minimum absolute atomic E-state index is 0.0665. The lowest BCUT2D eigenvalue weighted by Crippen LogP contribution is -2.12. The van der Waals surface area contributed by atoms with E-state index in [1.54, 1.807) is 6.20 Å². The number of nitrogens with zero attached hydrogens (tertiary/aromatic N) is 4. The van der Waals surface area contributed by atoms with Crippen LogP contribution in [0.25, 0.3) is 22.3 Å². The van der Waals surface area contributed by atoms with Crippen LogP contribution < -0.4 is 9.80 Å². The van der Waals surface area contributed by atoms with E-state index >= 15 is 0 Å². The Bertz CT molecular complexity index is 2470. The van der Waals surface area contributed by atoms with Gasteiger partial charge in [-0.3, -0.25) is 9.97 Å². The predicted molar refractivity (Wildman–Crippen MR) is 224 cm³/mol. The molecule has 264 valence electrons. The third kappa shape index (κ3) is 7.11. The first-order chi connectivity index (χ1) is 27.3. The Morgan fingerprint density at radius 2 is 0.764 bits per heavy atom. The van der Waals surface area contributed by atoms with Gasteiger partial charge in [-0.2, -0.15) is 0 Å². The van der Waals surface area contributed by atoms with Crippen LogP contribution in [0.3, 0.4) is 0 Å². The van der Waals surface area contributed by atoms with Crippen LogP contribution in [0.2, 0.25) is 0 Å². The number of hydrogen-bond acceptors (Lipinski definition) is 5. The summed E-state index contributed by atoms with van der Waals surface area (Å²) in [6.45, 7) is 0. The summed E-state index contributed by atoms with van der Waals surface area (Å²) in [5.74, 6) is 0.0665. The minimum Gasteiger partial charge on any atom is -0.493 e. The van der Waals surface area contributed by atoms with Crippen molar-refractivity contribution in [2.45, 2.75) is 12.0 Å². The Kier molecular flexibility index (Phi) is 9.40. The number of pyridine rings is 2. The molecular weight excluding hydrogens is 673 g/mol. The Morgan fingerprint density at radius 3 is 1.18 bits per heavy atom. The van der Waals surface area contributed by atoms with Gasteiger partial charge in [0.05, 0.1) is 30.0 Å². The molecule has 0 aliphatic carbocycles. The summed E-state index contributed by atoms with van der Waals surface area (Å²) in [4.78, 5) is 13.4. The summed E-state index contributed by atoms with van der Waals surface area (Å²) in [6.07, 6.45) is 11.3. The largest absolute Gasteiger partial charge is 0.493 e. The van der Waals surface area contributed by atoms with Crippen molar-refractivity contribution in [3.05, 3.63) is 230 Å². The maximum Gasteiger partial charge on any atom is 0.133 e. The van der Waals surface area contributed by atoms with Gasteiger partial charge in [0.25, 0.3) is 0 Å². The monoisotopic (exact) mass is 710 g/mol. The molecule has 3 heterocycles. The van der Waals surface area contributed by atoms with Crippen molar-refractivity contribution in [2.24, 2.45) is 0 Å². The number of benzene rings is 6. The molecule has 0 bridgehead atoms. The molecule has 2 aromatic heterocycles. The first-order valence-electron chi connectivity index (χ1n) is 18.5. The Labute approximate surface area is 322 Å². The highest BCUT2D eigenvalue weighted by atomic mass is 16.5. The van der Waals surface area contributed by atoms with Gasteiger partial charge >= 0.3 is 0 Å². The van der Waals surface area contributed by atoms with Gasteiger partial charge in [0.1, 0.15) is 6.10 Å². The van der Waals surface area contributed by atoms with E-state index in [4.69, 9.17) is 4.74 Å². The maximum atomic E-state index is 6.27. The van der Waals surface area contributed by atoms with Gasteiger partial charge in [0, 0.05) is 41.1 Å². The number of ether oxygens (including phenoxy) is 1. The third-order valence-corrected chi connectivity index (χ3v) is 10.1. The van der Waals surface area contributed by atoms with E-state index in [2.05, 4.69) is 184 Å². The van der Waals surface area contributed by atoms with Gasteiger partial charge in [-0.05, 0) is 112 Å². The summed E-state index contributed by atoms with van der Waals surface area (Å²) in [7, 11) is 0. The molecule has 1 aliphatic rings. The number of rotatable bonds is 10. The van der Waals surface area contributed by atoms with Gasteiger partial charge in [-0.15, -0.1) is 0 Å². The SMILES string of the molecule is C1=CC(c2ccc(N(c3ccc(-c4ccccc4)cc3)c3cccnc3)cc2)C(c2ccc(N(c3ccc(-c4ccccc4)cc3)c3cccnc3)cc2)O1. The van der Waals surface area contributed by atoms with Crippen LogP contribution in [-0.2, 0) is 4.74 Å². The number of anilines is 6. The van der Waals surface area contributed by atoms with E-state index in [9.17, 15) is 0 Å². The minimum atomic E-state index is -0.142. The molecule has 2 atom stereocenters. The quantitative estimate of drug-likeness (QED) is 0.141. The highest BCUT2D eigenvalue weighted by Crippen LogP contribution is 2.43. The fourth-order valence-electron chi connectivity index (χ4n) is 7.36. The molecule has 0 saturated carbocycles. The van der Waals surface area contributed by atoms with Crippen molar-refractivity contribution in [3.63, 3.8) is 0 Å². The molecule has 5 nitrogen and oxygen atoms in total. The molecule has 5 heteroatoms. The second-order valence-corrected chi connectivity index (χ2v) is 13.5. The van der Waals surface area contributed by atoms with Crippen LogP contribution in [0.15, 0.2) is 219 Å². The van der Waals surface area contributed by atoms with E-state index in [1.165, 1.54) is 27.8 Å². The summed E-state index contributed by atoms with van der Waals surface area (Å²) in [6, 6.07) is 63.9. The van der Waals surface area contributed by atoms with E-state index in [1.807, 2.05) is 49.1 Å². The van der Waals surface area contributed by atoms with Gasteiger partial charge < -0.3 is 14.5 Å². The summed E-state index contributed by atoms with van der Waals surface area (Å²) < 4.78 is 6.27. The normalized spacial score (nSPS) is 14.6. The molecule has 6 aromatic carbocycles. The van der Waals surface area contributed by atoms with Crippen molar-refractivity contribution >= 4 is 34.1 Å². The van der Waals surface area contributed by atoms with E-state index in [0.717, 1.165) is 39.7 Å². The maximum absolute atomic E-state index is 6.27. The number of aromatic nitrogens is 2. The Balaban J connectivity index is 0.971. The fraction of sp³-hybridized carbons (Fsp3) is 0.0400. The van der Waals surface area contributed by atoms with Crippen molar-refractivity contribution in [1.29, 1.82) is 0 Å². The zero-order valence-electron chi connectivity index (χ0n) is 30.1. The standard InChI is InChI=1S/C50H38N4O/c1-3-9-37(10-4-1)39-15-23-43(24-16-39)53(47-13-7-32-51-35-47)45-27-19-41(20-28-45)49-31-34-55-50(49)42-21-29-46(30-22-42)54(48-14-8-33-52-36-48)44-25-17-40(18-26-44)38-11-5-2-6-12-38/h1-36,49-50H. The zero-order valence-corrected chi connectivity index (χ0v) is 30.1. The molecule has 55 heavy (non-hydrogen) atoms. The molecule has 2 unspecified atom stereocenters. The molecule has 0 radical (unpaired) electrons. The first-order valence-corrected chi connectivity index (χ1v) is 18.5. The average Bonchev–Trinajstić information content (AvgIpc) is 3.77. The molecule has 9 rings (SSSR count). The molecular formula is C50H38N4O. The molecule has 0 spiro atoms. The highest BCUT2D eigenvalue weighted by Gasteiger charge is 2.28. The summed E-state index contributed by atoms with van der Waals surface area (Å²) in [5, 5.41) is 0. The summed E-state index contributed by atoms with van der Waals surface area (Å²) >= 11 is 0. The lowest BCUT2D eigenvalue weighted by Gasteiger charge is -2.27. The van der Waals surface area contributed by atoms with Crippen molar-refractivity contribution < 1.29 is 4.74 Å². The van der Waals surface area contributed by atoms with Crippen LogP contribution in [0.5, 0.6) is 0 Å². The van der Waals surface area contributed by atoms with Crippen molar-refractivity contribution in [3.8, 4) is 22.3 Å². The fourth-order valence-corrected chi connectivity index (χ4v) is 7.36. The predicted octanol–water partition coefficient (Wildman–Crippen LogP) is 13.1. The smallest absolute Gasteiger partial charge is 0.133 e. The van der Waals surface area contributed by atoms with Crippen molar-refractivity contribution in [1.82, 2.24) is 9.97 Å². The second kappa shape index (κ2) is 15.4. The Hall–Kier alpha value is -7.24. The topological polar surface area (TPSA) is 41.5 Å². The highest BCUT2D eigenvalue weighted by molar-refractivity contribution is 5.79. The van der Waals surface area contributed by atoms with E-state index in [-0.39, 0.29) is 12.0 Å². The van der Waals surface area contributed by atoms with Gasteiger partial charge in [0.2, 0.25) is 0 Å². The van der Waals surface area contributed by atoms with Crippen LogP contribution in [0, 0.1) is 0 Å². The zero-order chi connectivity index (χ0) is 36.8. The molecule has 8 aromatic rings. The molecule has 0 fully saturated rings.